The third kappa shape index (κ3) is 3.40. The molecule has 7 nitrogen and oxygen atoms in total. The molecule has 2 aromatic heterocycles. The van der Waals surface area contributed by atoms with E-state index in [0.29, 0.717) is 6.54 Å². The first-order valence-electron chi connectivity index (χ1n) is 5.32. The van der Waals surface area contributed by atoms with Crippen LogP contribution in [0.1, 0.15) is 5.56 Å². The van der Waals surface area contributed by atoms with E-state index in [1.807, 2.05) is 0 Å². The molecule has 0 amide bonds. The molecule has 0 saturated carbocycles. The van der Waals surface area contributed by atoms with E-state index < -0.39 is 15.6 Å². The summed E-state index contributed by atoms with van der Waals surface area (Å²) in [6, 6.07) is 4.10. The maximum absolute atomic E-state index is 12.1. The Labute approximate surface area is 113 Å². The largest absolute Gasteiger partial charge is 0.316 e. The van der Waals surface area contributed by atoms with Crippen molar-refractivity contribution in [3.8, 4) is 0 Å². The summed E-state index contributed by atoms with van der Waals surface area (Å²) >= 11 is 1.13. The normalized spacial score (nSPS) is 11.4. The molecule has 0 aromatic carbocycles. The summed E-state index contributed by atoms with van der Waals surface area (Å²) in [7, 11) is -1.88. The standard InChI is InChI=1S/C10H12N4O3S2/c1-11-5-7-4-10(18-6-7)19(16,17)14-8-2-3-9(15)13-12-8/h2-4,6,11H,5H2,1H3,(H,12,14)(H,13,15). The van der Waals surface area contributed by atoms with E-state index in [-0.39, 0.29) is 10.0 Å². The molecule has 0 unspecified atom stereocenters. The minimum Gasteiger partial charge on any atom is -0.316 e. The lowest BCUT2D eigenvalue weighted by molar-refractivity contribution is 0.602. The van der Waals surface area contributed by atoms with Crippen molar-refractivity contribution < 1.29 is 8.42 Å². The zero-order valence-corrected chi connectivity index (χ0v) is 11.6. The number of aromatic amines is 1. The minimum atomic E-state index is -3.67. The highest BCUT2D eigenvalue weighted by atomic mass is 32.2. The number of nitrogens with zero attached hydrogens (tertiary/aromatic N) is 1. The van der Waals surface area contributed by atoms with Crippen LogP contribution in [-0.2, 0) is 16.6 Å². The molecule has 2 rings (SSSR count). The average molecular weight is 300 g/mol. The summed E-state index contributed by atoms with van der Waals surface area (Å²) in [4.78, 5) is 10.8. The van der Waals surface area contributed by atoms with Crippen molar-refractivity contribution in [3.05, 3.63) is 39.5 Å². The summed E-state index contributed by atoms with van der Waals surface area (Å²) in [5, 5.41) is 10.5. The lowest BCUT2D eigenvalue weighted by atomic mass is 10.3. The molecule has 9 heteroatoms. The van der Waals surface area contributed by atoms with Crippen LogP contribution in [0.25, 0.3) is 0 Å². The highest BCUT2D eigenvalue weighted by Crippen LogP contribution is 2.22. The van der Waals surface area contributed by atoms with E-state index >= 15 is 0 Å². The minimum absolute atomic E-state index is 0.0724. The smallest absolute Gasteiger partial charge is 0.272 e. The van der Waals surface area contributed by atoms with Gasteiger partial charge >= 0.3 is 0 Å². The lowest BCUT2D eigenvalue weighted by Crippen LogP contribution is -2.15. The quantitative estimate of drug-likeness (QED) is 0.739. The Balaban J connectivity index is 2.21. The number of aromatic nitrogens is 2. The third-order valence-corrected chi connectivity index (χ3v) is 5.04. The van der Waals surface area contributed by atoms with Gasteiger partial charge in [-0.1, -0.05) is 0 Å². The van der Waals surface area contributed by atoms with Crippen LogP contribution in [0.5, 0.6) is 0 Å². The molecule has 0 aliphatic rings. The topological polar surface area (TPSA) is 104 Å². The van der Waals surface area contributed by atoms with Crippen molar-refractivity contribution in [2.24, 2.45) is 0 Å². The second-order valence-corrected chi connectivity index (χ2v) is 6.54. The molecule has 0 bridgehead atoms. The van der Waals surface area contributed by atoms with Crippen molar-refractivity contribution in [2.45, 2.75) is 10.8 Å². The zero-order chi connectivity index (χ0) is 13.9. The van der Waals surface area contributed by atoms with Gasteiger partial charge in [-0.15, -0.1) is 11.3 Å². The fourth-order valence-electron chi connectivity index (χ4n) is 1.38. The number of sulfonamides is 1. The summed E-state index contributed by atoms with van der Waals surface area (Å²) in [6.07, 6.45) is 0. The van der Waals surface area contributed by atoms with Gasteiger partial charge in [-0.2, -0.15) is 5.10 Å². The van der Waals surface area contributed by atoms with Gasteiger partial charge in [-0.25, -0.2) is 13.5 Å². The van der Waals surface area contributed by atoms with Gasteiger partial charge in [0.25, 0.3) is 15.6 Å². The summed E-state index contributed by atoms with van der Waals surface area (Å²) in [6.45, 7) is 0.600. The molecule has 3 N–H and O–H groups in total. The van der Waals surface area contributed by atoms with E-state index in [2.05, 4.69) is 20.2 Å². The van der Waals surface area contributed by atoms with Crippen LogP contribution in [0.3, 0.4) is 0 Å². The fourth-order valence-corrected chi connectivity index (χ4v) is 3.59. The van der Waals surface area contributed by atoms with Crippen LogP contribution in [0.15, 0.2) is 32.6 Å². The van der Waals surface area contributed by atoms with Crippen molar-refractivity contribution in [2.75, 3.05) is 11.8 Å². The van der Waals surface area contributed by atoms with E-state index in [1.165, 1.54) is 12.1 Å². The van der Waals surface area contributed by atoms with Crippen LogP contribution >= 0.6 is 11.3 Å². The lowest BCUT2D eigenvalue weighted by Gasteiger charge is -2.03. The number of hydrogen-bond acceptors (Lipinski definition) is 6. The van der Waals surface area contributed by atoms with Gasteiger partial charge in [-0.05, 0) is 30.1 Å². The Morgan fingerprint density at radius 3 is 2.84 bits per heavy atom. The van der Waals surface area contributed by atoms with Gasteiger partial charge < -0.3 is 5.32 Å². The number of thiophene rings is 1. The van der Waals surface area contributed by atoms with Gasteiger partial charge in [0.1, 0.15) is 4.21 Å². The van der Waals surface area contributed by atoms with E-state index in [0.717, 1.165) is 16.9 Å². The first-order valence-corrected chi connectivity index (χ1v) is 7.68. The third-order valence-electron chi connectivity index (χ3n) is 2.19. The van der Waals surface area contributed by atoms with Gasteiger partial charge in [0.2, 0.25) is 0 Å². The first-order chi connectivity index (χ1) is 9.01. The number of rotatable bonds is 5. The van der Waals surface area contributed by atoms with Crippen molar-refractivity contribution >= 4 is 27.2 Å². The van der Waals surface area contributed by atoms with Crippen LogP contribution in [0.2, 0.25) is 0 Å². The molecule has 102 valence electrons. The van der Waals surface area contributed by atoms with E-state index in [4.69, 9.17) is 0 Å². The van der Waals surface area contributed by atoms with Gasteiger partial charge in [0.05, 0.1) is 0 Å². The second kappa shape index (κ2) is 5.51. The summed E-state index contributed by atoms with van der Waals surface area (Å²) < 4.78 is 26.6. The molecule has 0 spiro atoms. The Morgan fingerprint density at radius 2 is 2.21 bits per heavy atom. The highest BCUT2D eigenvalue weighted by Gasteiger charge is 2.17. The number of anilines is 1. The number of hydrogen-bond donors (Lipinski definition) is 3. The maximum Gasteiger partial charge on any atom is 0.272 e. The fraction of sp³-hybridized carbons (Fsp3) is 0.200. The Bertz CT molecular complexity index is 700. The molecule has 0 aliphatic heterocycles. The molecular weight excluding hydrogens is 288 g/mol. The van der Waals surface area contributed by atoms with Crippen LogP contribution in [0, 0.1) is 0 Å². The molecule has 0 radical (unpaired) electrons. The Hall–Kier alpha value is -1.71. The first kappa shape index (κ1) is 13.7. The number of nitrogens with one attached hydrogen (secondary N) is 3. The predicted molar refractivity (Wildman–Crippen MR) is 72.7 cm³/mol. The molecule has 2 heterocycles. The second-order valence-electron chi connectivity index (χ2n) is 3.72. The zero-order valence-electron chi connectivity index (χ0n) is 10.0. The molecule has 0 aliphatic carbocycles. The van der Waals surface area contributed by atoms with Gasteiger partial charge in [0.15, 0.2) is 5.82 Å². The van der Waals surface area contributed by atoms with Crippen LogP contribution < -0.4 is 15.6 Å². The predicted octanol–water partition coefficient (Wildman–Crippen LogP) is 0.352. The van der Waals surface area contributed by atoms with E-state index in [9.17, 15) is 13.2 Å². The molecular formula is C10H12N4O3S2. The number of H-pyrrole nitrogens is 1. The molecule has 0 fully saturated rings. The molecule has 2 aromatic rings. The van der Waals surface area contributed by atoms with Crippen molar-refractivity contribution in [3.63, 3.8) is 0 Å². The maximum atomic E-state index is 12.1. The highest BCUT2D eigenvalue weighted by molar-refractivity contribution is 7.94. The SMILES string of the molecule is CNCc1csc(S(=O)(=O)Nc2ccc(=O)[nH]n2)c1. The van der Waals surface area contributed by atoms with E-state index in [1.54, 1.807) is 18.5 Å². The summed E-state index contributed by atoms with van der Waals surface area (Å²) in [5.41, 5.74) is 0.498. The van der Waals surface area contributed by atoms with Crippen molar-refractivity contribution in [1.29, 1.82) is 0 Å². The average Bonchev–Trinajstić information content (AvgIpc) is 2.82. The summed E-state index contributed by atoms with van der Waals surface area (Å²) in [5.74, 6) is 0.0724. The van der Waals surface area contributed by atoms with Gasteiger partial charge in [-0.3, -0.25) is 9.52 Å². The molecule has 0 saturated heterocycles. The molecule has 0 atom stereocenters. The Morgan fingerprint density at radius 1 is 1.42 bits per heavy atom. The van der Waals surface area contributed by atoms with Crippen LogP contribution in [0.4, 0.5) is 5.82 Å². The molecule has 19 heavy (non-hydrogen) atoms. The van der Waals surface area contributed by atoms with Gasteiger partial charge in [0, 0.05) is 12.6 Å². The monoisotopic (exact) mass is 300 g/mol. The van der Waals surface area contributed by atoms with Crippen LogP contribution in [-0.4, -0.2) is 25.7 Å². The Kier molecular flexibility index (Phi) is 3.98. The van der Waals surface area contributed by atoms with Crippen molar-refractivity contribution in [1.82, 2.24) is 15.5 Å².